The molecule has 10 nitrogen and oxygen atoms in total. The number of benzene rings is 1. The molecule has 13 heteroatoms. The van der Waals surface area contributed by atoms with Crippen molar-refractivity contribution < 1.29 is 23.0 Å². The van der Waals surface area contributed by atoms with Gasteiger partial charge in [0.25, 0.3) is 0 Å². The summed E-state index contributed by atoms with van der Waals surface area (Å²) in [6.45, 7) is 3.96. The highest BCUT2D eigenvalue weighted by Crippen LogP contribution is 2.35. The van der Waals surface area contributed by atoms with E-state index < -0.39 is 25.6 Å². The van der Waals surface area contributed by atoms with Crippen LogP contribution in [0.2, 0.25) is 0 Å². The van der Waals surface area contributed by atoms with Crippen molar-refractivity contribution >= 4 is 28.7 Å². The smallest absolute Gasteiger partial charge is 0.200 e. The summed E-state index contributed by atoms with van der Waals surface area (Å²) >= 11 is 0. The Morgan fingerprint density at radius 1 is 1.12 bits per heavy atom. The normalized spacial score (nSPS) is 15.8. The molecule has 0 aliphatic carbocycles. The second-order valence-corrected chi connectivity index (χ2v) is 10.6. The van der Waals surface area contributed by atoms with E-state index in [1.165, 1.54) is 19.2 Å². The highest BCUT2D eigenvalue weighted by atomic mass is 19.2. The van der Waals surface area contributed by atoms with Gasteiger partial charge in [0.15, 0.2) is 0 Å². The van der Waals surface area contributed by atoms with Crippen molar-refractivity contribution in [2.24, 2.45) is 0 Å². The van der Waals surface area contributed by atoms with Crippen LogP contribution >= 0.6 is 0 Å². The van der Waals surface area contributed by atoms with Gasteiger partial charge in [-0.1, -0.05) is 5.92 Å². The summed E-state index contributed by atoms with van der Waals surface area (Å²) in [5, 5.41) is 20.8. The summed E-state index contributed by atoms with van der Waals surface area (Å²) in [6.07, 6.45) is 3.75. The molecule has 0 unspecified atom stereocenters. The van der Waals surface area contributed by atoms with Crippen LogP contribution in [0.4, 0.5) is 36.2 Å². The number of hydrogen-bond donors (Lipinski definition) is 4. The van der Waals surface area contributed by atoms with Gasteiger partial charge < -0.3 is 35.6 Å². The fourth-order valence-corrected chi connectivity index (χ4v) is 5.17. The van der Waals surface area contributed by atoms with E-state index >= 15 is 0 Å². The Balaban J connectivity index is 1.53. The zero-order valence-electron chi connectivity index (χ0n) is 23.9. The number of ether oxygens (including phenoxy) is 1. The van der Waals surface area contributed by atoms with Crippen molar-refractivity contribution in [3.8, 4) is 17.6 Å². The molecule has 2 aliphatic heterocycles. The van der Waals surface area contributed by atoms with Gasteiger partial charge in [-0.2, -0.15) is 0 Å². The van der Waals surface area contributed by atoms with Crippen LogP contribution in [0.3, 0.4) is 0 Å². The third-order valence-corrected chi connectivity index (χ3v) is 7.59. The number of halogens is 3. The molecule has 0 spiro atoms. The van der Waals surface area contributed by atoms with Gasteiger partial charge in [0, 0.05) is 62.8 Å². The predicted molar refractivity (Wildman–Crippen MR) is 159 cm³/mol. The molecule has 42 heavy (non-hydrogen) atoms. The number of aliphatic hydroxyl groups is 1. The van der Waals surface area contributed by atoms with Gasteiger partial charge in [0.2, 0.25) is 5.67 Å². The number of nitrogens with one attached hydrogen (secondary N) is 2. The Morgan fingerprint density at radius 3 is 2.48 bits per heavy atom. The lowest BCUT2D eigenvalue weighted by Crippen LogP contribution is -2.47. The maximum Gasteiger partial charge on any atom is 0.200 e. The monoisotopic (exact) mass is 588 g/mol. The van der Waals surface area contributed by atoms with Crippen molar-refractivity contribution in [3.63, 3.8) is 0 Å². The molecule has 0 radical (unpaired) electrons. The number of nitrogen functional groups attached to an aromatic ring is 1. The topological polar surface area (TPSA) is 127 Å². The van der Waals surface area contributed by atoms with E-state index in [0.717, 1.165) is 36.6 Å². The number of alkyl halides is 3. The first-order valence-corrected chi connectivity index (χ1v) is 14.1. The molecule has 2 fully saturated rings. The minimum atomic E-state index is -2.69. The predicted octanol–water partition coefficient (Wildman–Crippen LogP) is 2.59. The van der Waals surface area contributed by atoms with Crippen molar-refractivity contribution in [1.82, 2.24) is 14.9 Å². The summed E-state index contributed by atoms with van der Waals surface area (Å²) in [5.74, 6) is 6.00. The molecule has 0 atom stereocenters. The van der Waals surface area contributed by atoms with Gasteiger partial charge in [-0.25, -0.2) is 23.1 Å². The van der Waals surface area contributed by atoms with Crippen LogP contribution in [0.5, 0.6) is 5.75 Å². The molecule has 2 aliphatic rings. The van der Waals surface area contributed by atoms with Crippen molar-refractivity contribution in [2.75, 3.05) is 99.8 Å². The Kier molecular flexibility index (Phi) is 10.7. The van der Waals surface area contributed by atoms with Crippen LogP contribution in [0.15, 0.2) is 18.5 Å². The summed E-state index contributed by atoms with van der Waals surface area (Å²) < 4.78 is 46.3. The van der Waals surface area contributed by atoms with Crippen molar-refractivity contribution in [3.05, 3.63) is 29.6 Å². The minimum absolute atomic E-state index is 0.0737. The third-order valence-electron chi connectivity index (χ3n) is 7.59. The van der Waals surface area contributed by atoms with Crippen molar-refractivity contribution in [2.45, 2.75) is 25.4 Å². The van der Waals surface area contributed by atoms with E-state index in [1.54, 1.807) is 12.1 Å². The lowest BCUT2D eigenvalue weighted by molar-refractivity contribution is 0.0351. The molecule has 3 heterocycles. The minimum Gasteiger partial charge on any atom is -0.490 e. The van der Waals surface area contributed by atoms with Gasteiger partial charge >= 0.3 is 0 Å². The molecule has 1 aromatic carbocycles. The molecule has 4 rings (SSSR count). The van der Waals surface area contributed by atoms with Gasteiger partial charge in [-0.3, -0.25) is 5.41 Å². The number of aromatic nitrogens is 2. The Morgan fingerprint density at radius 2 is 1.81 bits per heavy atom. The number of nitrogens with two attached hydrogens (primary N) is 1. The molecular weight excluding hydrogens is 549 g/mol. The fourth-order valence-electron chi connectivity index (χ4n) is 5.17. The molecule has 1 aromatic heterocycles. The summed E-state index contributed by atoms with van der Waals surface area (Å²) in [4.78, 5) is 15.0. The van der Waals surface area contributed by atoms with E-state index in [2.05, 4.69) is 36.9 Å². The van der Waals surface area contributed by atoms with Crippen LogP contribution < -0.4 is 25.6 Å². The van der Waals surface area contributed by atoms with E-state index in [9.17, 15) is 13.2 Å². The van der Waals surface area contributed by atoms with Crippen LogP contribution in [-0.4, -0.2) is 110 Å². The Bertz CT molecular complexity index is 1280. The van der Waals surface area contributed by atoms with E-state index in [4.69, 9.17) is 21.0 Å². The van der Waals surface area contributed by atoms with Crippen LogP contribution in [0.1, 0.15) is 24.0 Å². The number of nitrogens with zero attached hydrogens (tertiary/aromatic N) is 5. The molecule has 0 amide bonds. The number of aliphatic hydroxyl groups excluding tert-OH is 1. The lowest BCUT2D eigenvalue weighted by Gasteiger charge is -2.38. The molecule has 228 valence electrons. The summed E-state index contributed by atoms with van der Waals surface area (Å²) in [5.41, 5.74) is 6.29. The molecule has 2 saturated heterocycles. The van der Waals surface area contributed by atoms with Gasteiger partial charge in [0.1, 0.15) is 56.0 Å². The van der Waals surface area contributed by atoms with Gasteiger partial charge in [0.05, 0.1) is 5.56 Å². The maximum atomic E-state index is 14.4. The molecule has 5 N–H and O–H groups in total. The van der Waals surface area contributed by atoms with E-state index in [0.29, 0.717) is 49.9 Å². The van der Waals surface area contributed by atoms with Gasteiger partial charge in [-0.15, -0.1) is 0 Å². The maximum absolute atomic E-state index is 14.4. The highest BCUT2D eigenvalue weighted by molar-refractivity contribution is 6.16. The molecule has 0 saturated carbocycles. The SMILES string of the molecule is Cc1c(NCCN2CCCC2)cc(OCC(F)(CF)CF)cc1N1CCN(c2ncnc(N)c2C(=N)C#CCO)CC1. The quantitative estimate of drug-likeness (QED) is 0.219. The standard InChI is InChI=1S/C29H39F3N8O2/c1-21-24(35-6-9-38-7-2-3-8-38)15-22(42-19-29(32,17-30)18-31)16-25(21)39-10-12-40(13-11-39)28-26(23(33)5-4-14-41)27(34)36-20-37-28/h15-16,20,33,35,41H,2-3,6-14,17-19H2,1H3,(H2,34,36,37). The fraction of sp³-hybridized carbons (Fsp3) is 0.552. The first kappa shape index (κ1) is 31.2. The molecule has 2 aromatic rings. The highest BCUT2D eigenvalue weighted by Gasteiger charge is 2.32. The zero-order valence-corrected chi connectivity index (χ0v) is 23.9. The number of hydrogen-bond acceptors (Lipinski definition) is 10. The van der Waals surface area contributed by atoms with E-state index in [1.807, 2.05) is 11.8 Å². The van der Waals surface area contributed by atoms with Crippen molar-refractivity contribution in [1.29, 1.82) is 5.41 Å². The van der Waals surface area contributed by atoms with Gasteiger partial charge in [-0.05, 0) is 44.3 Å². The Labute approximate surface area is 244 Å². The number of anilines is 4. The third kappa shape index (κ3) is 7.54. The average molecular weight is 589 g/mol. The number of likely N-dealkylation sites (tertiary alicyclic amines) is 1. The van der Waals surface area contributed by atoms with Crippen LogP contribution in [-0.2, 0) is 0 Å². The second-order valence-electron chi connectivity index (χ2n) is 10.6. The van der Waals surface area contributed by atoms with Crippen LogP contribution in [0, 0.1) is 24.2 Å². The molecular formula is C29H39F3N8O2. The van der Waals surface area contributed by atoms with Crippen LogP contribution in [0.25, 0.3) is 0 Å². The molecule has 0 bridgehead atoms. The van der Waals surface area contributed by atoms with E-state index in [-0.39, 0.29) is 18.1 Å². The second kappa shape index (κ2) is 14.4. The lowest BCUT2D eigenvalue weighted by atomic mass is 10.1. The summed E-state index contributed by atoms with van der Waals surface area (Å²) in [6, 6.07) is 3.53. The summed E-state index contributed by atoms with van der Waals surface area (Å²) in [7, 11) is 0. The number of piperazine rings is 1. The zero-order chi connectivity index (χ0) is 30.1. The first-order chi connectivity index (χ1) is 20.3. The Hall–Kier alpha value is -3.76. The largest absolute Gasteiger partial charge is 0.490 e. The first-order valence-electron chi connectivity index (χ1n) is 14.1. The average Bonchev–Trinajstić information content (AvgIpc) is 3.53. The number of rotatable bonds is 12.